The van der Waals surface area contributed by atoms with Gasteiger partial charge in [0, 0.05) is 12.1 Å². The van der Waals surface area contributed by atoms with Crippen molar-refractivity contribution >= 4 is 5.69 Å². The summed E-state index contributed by atoms with van der Waals surface area (Å²) in [6, 6.07) is 4.59. The molecule has 0 heterocycles. The number of non-ortho nitro benzene ring substituents is 1. The summed E-state index contributed by atoms with van der Waals surface area (Å²) < 4.78 is 5.46. The van der Waals surface area contributed by atoms with Crippen LogP contribution >= 0.6 is 0 Å². The van der Waals surface area contributed by atoms with Crippen molar-refractivity contribution in [3.05, 3.63) is 33.9 Å². The van der Waals surface area contributed by atoms with Crippen molar-refractivity contribution in [3.8, 4) is 5.75 Å². The number of hydrogen-bond donors (Lipinski definition) is 0. The van der Waals surface area contributed by atoms with E-state index in [1.165, 1.54) is 12.1 Å². The molecule has 1 aromatic carbocycles. The molecule has 0 atom stereocenters. The maximum atomic E-state index is 10.5. The summed E-state index contributed by atoms with van der Waals surface area (Å²) in [5.41, 5.74) is 0.881. The summed E-state index contributed by atoms with van der Waals surface area (Å²) in [5.74, 6) is 0.700. The Balaban J connectivity index is 2.95. The third kappa shape index (κ3) is 2.45. The highest BCUT2D eigenvalue weighted by atomic mass is 16.6. The largest absolute Gasteiger partial charge is 0.491 e. The van der Waals surface area contributed by atoms with E-state index in [1.54, 1.807) is 13.0 Å². The van der Waals surface area contributed by atoms with E-state index in [0.29, 0.717) is 5.75 Å². The number of hydrogen-bond acceptors (Lipinski definition) is 3. The van der Waals surface area contributed by atoms with E-state index in [4.69, 9.17) is 4.74 Å². The van der Waals surface area contributed by atoms with Crippen LogP contribution in [0.5, 0.6) is 5.75 Å². The SMILES string of the molecule is Cc1cc([N+](=O)[O-])ccc1OC(C)C. The molecule has 0 aliphatic rings. The highest BCUT2D eigenvalue weighted by Crippen LogP contribution is 2.23. The number of aryl methyl sites for hydroxylation is 1. The fourth-order valence-electron chi connectivity index (χ4n) is 1.13. The van der Waals surface area contributed by atoms with Crippen LogP contribution in [-0.2, 0) is 0 Å². The molecule has 0 aromatic heterocycles. The normalized spacial score (nSPS) is 10.3. The van der Waals surface area contributed by atoms with Crippen molar-refractivity contribution in [2.24, 2.45) is 0 Å². The van der Waals surface area contributed by atoms with Gasteiger partial charge in [-0.15, -0.1) is 0 Å². The van der Waals surface area contributed by atoms with Crippen molar-refractivity contribution in [1.29, 1.82) is 0 Å². The topological polar surface area (TPSA) is 52.4 Å². The van der Waals surface area contributed by atoms with Crippen molar-refractivity contribution < 1.29 is 9.66 Å². The van der Waals surface area contributed by atoms with Crippen molar-refractivity contribution in [2.75, 3.05) is 0 Å². The summed E-state index contributed by atoms with van der Waals surface area (Å²) in [6.45, 7) is 5.63. The molecule has 0 unspecified atom stereocenters. The van der Waals surface area contributed by atoms with Gasteiger partial charge in [0.05, 0.1) is 11.0 Å². The number of ether oxygens (including phenoxy) is 1. The maximum Gasteiger partial charge on any atom is 0.269 e. The van der Waals surface area contributed by atoms with Gasteiger partial charge >= 0.3 is 0 Å². The first-order valence-electron chi connectivity index (χ1n) is 4.42. The van der Waals surface area contributed by atoms with Crippen LogP contribution < -0.4 is 4.74 Å². The van der Waals surface area contributed by atoms with Gasteiger partial charge in [0.25, 0.3) is 5.69 Å². The Morgan fingerprint density at radius 1 is 1.43 bits per heavy atom. The summed E-state index contributed by atoms with van der Waals surface area (Å²) in [4.78, 5) is 10.0. The molecule has 0 spiro atoms. The lowest BCUT2D eigenvalue weighted by Gasteiger charge is -2.11. The molecular weight excluding hydrogens is 182 g/mol. The van der Waals surface area contributed by atoms with E-state index in [9.17, 15) is 10.1 Å². The molecular formula is C10H13NO3. The van der Waals surface area contributed by atoms with Gasteiger partial charge < -0.3 is 4.74 Å². The predicted molar refractivity (Wildman–Crippen MR) is 53.6 cm³/mol. The minimum absolute atomic E-state index is 0.0788. The third-order valence-corrected chi connectivity index (χ3v) is 1.73. The van der Waals surface area contributed by atoms with Crippen LogP contribution in [0.4, 0.5) is 5.69 Å². The Hall–Kier alpha value is -1.58. The zero-order chi connectivity index (χ0) is 10.7. The molecule has 0 radical (unpaired) electrons. The molecule has 76 valence electrons. The first kappa shape index (κ1) is 10.5. The van der Waals surface area contributed by atoms with Gasteiger partial charge in [-0.1, -0.05) is 0 Å². The van der Waals surface area contributed by atoms with Gasteiger partial charge in [-0.25, -0.2) is 0 Å². The Morgan fingerprint density at radius 2 is 2.07 bits per heavy atom. The van der Waals surface area contributed by atoms with Gasteiger partial charge in [0.1, 0.15) is 5.75 Å². The summed E-state index contributed by atoms with van der Waals surface area (Å²) in [7, 11) is 0. The molecule has 4 nitrogen and oxygen atoms in total. The predicted octanol–water partition coefficient (Wildman–Crippen LogP) is 2.69. The zero-order valence-corrected chi connectivity index (χ0v) is 8.48. The molecule has 0 saturated heterocycles. The van der Waals surface area contributed by atoms with Crippen LogP contribution in [-0.4, -0.2) is 11.0 Å². The molecule has 1 rings (SSSR count). The maximum absolute atomic E-state index is 10.5. The minimum Gasteiger partial charge on any atom is -0.491 e. The van der Waals surface area contributed by atoms with Crippen LogP contribution in [0.1, 0.15) is 19.4 Å². The van der Waals surface area contributed by atoms with Crippen LogP contribution in [0.3, 0.4) is 0 Å². The van der Waals surface area contributed by atoms with E-state index >= 15 is 0 Å². The molecule has 0 saturated carbocycles. The molecule has 0 amide bonds. The average Bonchev–Trinajstić information content (AvgIpc) is 2.07. The van der Waals surface area contributed by atoms with Gasteiger partial charge in [-0.3, -0.25) is 10.1 Å². The monoisotopic (exact) mass is 195 g/mol. The first-order chi connectivity index (χ1) is 6.50. The van der Waals surface area contributed by atoms with Crippen LogP contribution in [0.15, 0.2) is 18.2 Å². The highest BCUT2D eigenvalue weighted by molar-refractivity contribution is 5.42. The van der Waals surface area contributed by atoms with Crippen LogP contribution in [0.25, 0.3) is 0 Å². The van der Waals surface area contributed by atoms with E-state index in [0.717, 1.165) is 5.56 Å². The standard InChI is InChI=1S/C10H13NO3/c1-7(2)14-10-5-4-9(11(12)13)6-8(10)3/h4-7H,1-3H3. The third-order valence-electron chi connectivity index (χ3n) is 1.73. The van der Waals surface area contributed by atoms with E-state index < -0.39 is 4.92 Å². The lowest BCUT2D eigenvalue weighted by atomic mass is 10.2. The molecule has 0 aliphatic heterocycles. The molecule has 1 aromatic rings. The number of nitro benzene ring substituents is 1. The Labute approximate surface area is 82.7 Å². The number of rotatable bonds is 3. The summed E-state index contributed by atoms with van der Waals surface area (Å²) in [5, 5.41) is 10.5. The van der Waals surface area contributed by atoms with Crippen molar-refractivity contribution in [3.63, 3.8) is 0 Å². The van der Waals surface area contributed by atoms with E-state index in [-0.39, 0.29) is 11.8 Å². The smallest absolute Gasteiger partial charge is 0.269 e. The number of nitro groups is 1. The second-order valence-corrected chi connectivity index (χ2v) is 3.37. The van der Waals surface area contributed by atoms with Gasteiger partial charge in [0.2, 0.25) is 0 Å². The molecule has 0 N–H and O–H groups in total. The number of benzene rings is 1. The van der Waals surface area contributed by atoms with Crippen molar-refractivity contribution in [1.82, 2.24) is 0 Å². The Morgan fingerprint density at radius 3 is 2.50 bits per heavy atom. The minimum atomic E-state index is -0.411. The van der Waals surface area contributed by atoms with Gasteiger partial charge in [-0.05, 0) is 32.4 Å². The number of nitrogens with zero attached hydrogens (tertiary/aromatic N) is 1. The second kappa shape index (κ2) is 4.09. The molecule has 0 bridgehead atoms. The summed E-state index contributed by atoms with van der Waals surface area (Å²) >= 11 is 0. The lowest BCUT2D eigenvalue weighted by Crippen LogP contribution is -2.06. The van der Waals surface area contributed by atoms with Gasteiger partial charge in [-0.2, -0.15) is 0 Å². The van der Waals surface area contributed by atoms with Crippen LogP contribution in [0.2, 0.25) is 0 Å². The van der Waals surface area contributed by atoms with E-state index in [1.807, 2.05) is 13.8 Å². The fraction of sp³-hybridized carbons (Fsp3) is 0.400. The zero-order valence-electron chi connectivity index (χ0n) is 8.48. The Kier molecular flexibility index (Phi) is 3.06. The molecule has 0 fully saturated rings. The van der Waals surface area contributed by atoms with Crippen LogP contribution in [0, 0.1) is 17.0 Å². The lowest BCUT2D eigenvalue weighted by molar-refractivity contribution is -0.384. The highest BCUT2D eigenvalue weighted by Gasteiger charge is 2.09. The Bertz CT molecular complexity index is 347. The summed E-state index contributed by atoms with van der Waals surface area (Å²) in [6.07, 6.45) is 0.0788. The first-order valence-corrected chi connectivity index (χ1v) is 4.42. The van der Waals surface area contributed by atoms with Gasteiger partial charge in [0.15, 0.2) is 0 Å². The molecule has 14 heavy (non-hydrogen) atoms. The fourth-order valence-corrected chi connectivity index (χ4v) is 1.13. The second-order valence-electron chi connectivity index (χ2n) is 3.37. The average molecular weight is 195 g/mol. The quantitative estimate of drug-likeness (QED) is 0.550. The van der Waals surface area contributed by atoms with Crippen molar-refractivity contribution in [2.45, 2.75) is 26.9 Å². The molecule has 0 aliphatic carbocycles. The van der Waals surface area contributed by atoms with E-state index in [2.05, 4.69) is 0 Å². The molecule has 4 heteroatoms.